The molecule has 27 heavy (non-hydrogen) atoms. The third kappa shape index (κ3) is 6.33. The minimum Gasteiger partial charge on any atom is -0.475 e. The van der Waals surface area contributed by atoms with E-state index in [0.717, 1.165) is 25.2 Å². The van der Waals surface area contributed by atoms with Gasteiger partial charge in [0.05, 0.1) is 18.3 Å². The van der Waals surface area contributed by atoms with Crippen molar-refractivity contribution in [2.24, 2.45) is 0 Å². The summed E-state index contributed by atoms with van der Waals surface area (Å²) in [7, 11) is 1.72. The topological polar surface area (TPSA) is 67.6 Å². The van der Waals surface area contributed by atoms with Crippen LogP contribution in [0.4, 0.5) is 17.6 Å². The zero-order chi connectivity index (χ0) is 20.0. The summed E-state index contributed by atoms with van der Waals surface area (Å²) >= 11 is 0. The fraction of sp³-hybridized carbons (Fsp3) is 0.412. The molecule has 148 valence electrons. The third-order valence-electron chi connectivity index (χ3n) is 3.90. The van der Waals surface area contributed by atoms with Gasteiger partial charge in [0.15, 0.2) is 0 Å². The first-order chi connectivity index (χ1) is 12.7. The van der Waals surface area contributed by atoms with Gasteiger partial charge < -0.3 is 9.84 Å². The van der Waals surface area contributed by atoms with Crippen LogP contribution >= 0.6 is 0 Å². The van der Waals surface area contributed by atoms with Gasteiger partial charge >= 0.3 is 12.1 Å². The Kier molecular flexibility index (Phi) is 6.92. The molecule has 0 aliphatic carbocycles. The molecule has 2 aromatic rings. The standard InChI is InChI=1S/C15H18FN3O.C2HF3O2/c1-20-15-10-18(8-12-3-2-4-13(16)7-12)9-14-5-6-17-19(14)11-15;3-2(4,5)1(6)7/h2-7,15H,8-11H2,1H3;(H,6,7). The Morgan fingerprint density at radius 3 is 2.63 bits per heavy atom. The van der Waals surface area contributed by atoms with Gasteiger partial charge in [0, 0.05) is 32.9 Å². The molecule has 1 unspecified atom stereocenters. The highest BCUT2D eigenvalue weighted by atomic mass is 19.4. The average molecular weight is 389 g/mol. The van der Waals surface area contributed by atoms with E-state index in [2.05, 4.69) is 10.00 Å². The molecule has 1 aromatic carbocycles. The predicted octanol–water partition coefficient (Wildman–Crippen LogP) is 2.69. The van der Waals surface area contributed by atoms with Crippen molar-refractivity contribution in [1.82, 2.24) is 14.7 Å². The molecule has 1 aromatic heterocycles. The van der Waals surface area contributed by atoms with Crippen molar-refractivity contribution < 1.29 is 32.2 Å². The normalized spacial score (nSPS) is 17.4. The molecule has 0 spiro atoms. The molecular formula is C17H19F4N3O3. The van der Waals surface area contributed by atoms with Crippen LogP contribution in [0.25, 0.3) is 0 Å². The molecule has 0 bridgehead atoms. The zero-order valence-corrected chi connectivity index (χ0v) is 14.5. The first-order valence-electron chi connectivity index (χ1n) is 7.99. The second-order valence-electron chi connectivity index (χ2n) is 5.96. The largest absolute Gasteiger partial charge is 0.490 e. The number of ether oxygens (including phenoxy) is 1. The lowest BCUT2D eigenvalue weighted by Gasteiger charge is -2.23. The van der Waals surface area contributed by atoms with Gasteiger partial charge in [-0.25, -0.2) is 9.18 Å². The number of methoxy groups -OCH3 is 1. The molecule has 1 atom stereocenters. The number of benzene rings is 1. The quantitative estimate of drug-likeness (QED) is 0.818. The molecule has 2 heterocycles. The molecule has 0 saturated heterocycles. The highest BCUT2D eigenvalue weighted by Crippen LogP contribution is 2.16. The SMILES string of the molecule is COC1CN(Cc2cccc(F)c2)Cc2ccnn2C1.O=C(O)C(F)(F)F. The van der Waals surface area contributed by atoms with Gasteiger partial charge in [-0.05, 0) is 23.8 Å². The van der Waals surface area contributed by atoms with Gasteiger partial charge in [-0.1, -0.05) is 12.1 Å². The van der Waals surface area contributed by atoms with Crippen molar-refractivity contribution in [3.63, 3.8) is 0 Å². The van der Waals surface area contributed by atoms with Crippen LogP contribution < -0.4 is 0 Å². The smallest absolute Gasteiger partial charge is 0.475 e. The number of carboxylic acids is 1. The Bertz CT molecular complexity index is 764. The van der Waals surface area contributed by atoms with Gasteiger partial charge in [0.25, 0.3) is 0 Å². The number of rotatable bonds is 3. The summed E-state index contributed by atoms with van der Waals surface area (Å²) in [6.07, 6.45) is -3.17. The van der Waals surface area contributed by atoms with Crippen LogP contribution in [0.3, 0.4) is 0 Å². The molecule has 1 N–H and O–H groups in total. The van der Waals surface area contributed by atoms with E-state index in [-0.39, 0.29) is 11.9 Å². The molecule has 0 amide bonds. The summed E-state index contributed by atoms with van der Waals surface area (Å²) in [5, 5.41) is 11.4. The number of carboxylic acid groups (broad SMARTS) is 1. The molecule has 1 aliphatic heterocycles. The maximum atomic E-state index is 13.3. The Balaban J connectivity index is 0.000000321. The van der Waals surface area contributed by atoms with Crippen molar-refractivity contribution in [2.75, 3.05) is 13.7 Å². The predicted molar refractivity (Wildman–Crippen MR) is 87.2 cm³/mol. The maximum Gasteiger partial charge on any atom is 0.490 e. The Morgan fingerprint density at radius 1 is 1.33 bits per heavy atom. The van der Waals surface area contributed by atoms with E-state index in [0.29, 0.717) is 6.54 Å². The summed E-state index contributed by atoms with van der Waals surface area (Å²) in [5.41, 5.74) is 2.15. The van der Waals surface area contributed by atoms with Crippen LogP contribution in [-0.2, 0) is 29.2 Å². The maximum absolute atomic E-state index is 13.3. The van der Waals surface area contributed by atoms with Crippen LogP contribution in [0.1, 0.15) is 11.3 Å². The minimum atomic E-state index is -5.08. The Hall–Kier alpha value is -2.46. The highest BCUT2D eigenvalue weighted by Gasteiger charge is 2.38. The van der Waals surface area contributed by atoms with E-state index in [1.54, 1.807) is 19.2 Å². The van der Waals surface area contributed by atoms with Crippen LogP contribution in [0, 0.1) is 5.82 Å². The fourth-order valence-electron chi connectivity index (χ4n) is 2.65. The summed E-state index contributed by atoms with van der Waals surface area (Å²) in [5.74, 6) is -2.95. The highest BCUT2D eigenvalue weighted by molar-refractivity contribution is 5.73. The molecule has 10 heteroatoms. The molecule has 0 saturated carbocycles. The molecule has 6 nitrogen and oxygen atoms in total. The first kappa shape index (κ1) is 20.8. The van der Waals surface area contributed by atoms with E-state index in [9.17, 15) is 17.6 Å². The lowest BCUT2D eigenvalue weighted by molar-refractivity contribution is -0.192. The molecule has 1 aliphatic rings. The van der Waals surface area contributed by atoms with Gasteiger partial charge in [-0.2, -0.15) is 18.3 Å². The van der Waals surface area contributed by atoms with E-state index in [4.69, 9.17) is 14.6 Å². The van der Waals surface area contributed by atoms with E-state index >= 15 is 0 Å². The molecule has 0 radical (unpaired) electrons. The average Bonchev–Trinajstić information content (AvgIpc) is 2.93. The first-order valence-corrected chi connectivity index (χ1v) is 7.99. The Labute approximate surface area is 153 Å². The van der Waals surface area contributed by atoms with Gasteiger partial charge in [-0.3, -0.25) is 9.58 Å². The summed E-state index contributed by atoms with van der Waals surface area (Å²) in [6, 6.07) is 8.78. The van der Waals surface area contributed by atoms with Crippen LogP contribution in [0.2, 0.25) is 0 Å². The van der Waals surface area contributed by atoms with Crippen molar-refractivity contribution in [2.45, 2.75) is 31.9 Å². The number of hydrogen-bond acceptors (Lipinski definition) is 4. The molecule has 0 fully saturated rings. The monoisotopic (exact) mass is 389 g/mol. The minimum absolute atomic E-state index is 0.102. The van der Waals surface area contributed by atoms with Crippen LogP contribution in [0.5, 0.6) is 0 Å². The number of halogens is 4. The number of aliphatic carboxylic acids is 1. The number of hydrogen-bond donors (Lipinski definition) is 1. The number of alkyl halides is 3. The second-order valence-corrected chi connectivity index (χ2v) is 5.96. The van der Waals surface area contributed by atoms with Crippen LogP contribution in [-0.4, -0.2) is 51.7 Å². The zero-order valence-electron chi connectivity index (χ0n) is 14.5. The number of carbonyl (C=O) groups is 1. The van der Waals surface area contributed by atoms with Gasteiger partial charge in [0.1, 0.15) is 5.82 Å². The molecule has 3 rings (SSSR count). The number of nitrogens with zero attached hydrogens (tertiary/aromatic N) is 3. The second kappa shape index (κ2) is 8.96. The van der Waals surface area contributed by atoms with Crippen molar-refractivity contribution in [3.05, 3.63) is 53.6 Å². The third-order valence-corrected chi connectivity index (χ3v) is 3.90. The van der Waals surface area contributed by atoms with E-state index < -0.39 is 12.1 Å². The summed E-state index contributed by atoms with van der Waals surface area (Å²) in [4.78, 5) is 11.2. The van der Waals surface area contributed by atoms with Crippen LogP contribution in [0.15, 0.2) is 36.5 Å². The van der Waals surface area contributed by atoms with Crippen molar-refractivity contribution in [3.8, 4) is 0 Å². The van der Waals surface area contributed by atoms with E-state index in [1.807, 2.05) is 23.0 Å². The van der Waals surface area contributed by atoms with Crippen molar-refractivity contribution in [1.29, 1.82) is 0 Å². The number of fused-ring (bicyclic) bond motifs is 1. The summed E-state index contributed by atoms with van der Waals surface area (Å²) < 4.78 is 52.5. The van der Waals surface area contributed by atoms with Crippen molar-refractivity contribution >= 4 is 5.97 Å². The van der Waals surface area contributed by atoms with Gasteiger partial charge in [-0.15, -0.1) is 0 Å². The van der Waals surface area contributed by atoms with Gasteiger partial charge in [0.2, 0.25) is 0 Å². The summed E-state index contributed by atoms with van der Waals surface area (Å²) in [6.45, 7) is 3.09. The fourth-order valence-corrected chi connectivity index (χ4v) is 2.65. The lowest BCUT2D eigenvalue weighted by Crippen LogP contribution is -2.32. The van der Waals surface area contributed by atoms with E-state index in [1.165, 1.54) is 11.8 Å². The Morgan fingerprint density at radius 2 is 2.04 bits per heavy atom. The lowest BCUT2D eigenvalue weighted by atomic mass is 10.2. The molecular weight excluding hydrogens is 370 g/mol. The number of aromatic nitrogens is 2.